The fraction of sp³-hybridized carbons (Fsp3) is 0.292. The third kappa shape index (κ3) is 6.38. The summed E-state index contributed by atoms with van der Waals surface area (Å²) in [5, 5.41) is 29.6. The van der Waals surface area contributed by atoms with E-state index in [1.807, 2.05) is 0 Å². The molecule has 0 radical (unpaired) electrons. The number of carbonyl (C=O) groups excluding carboxylic acids is 2. The standard InChI is InChI=1S/C24H25F2N9O4/c1-16(24(38,12-33-14-27-13-29-33)21-8-3-18(25)11-22(21)26)34(9-10-39-17(2)36)23(37)30-19-4-6-20(7-5-19)35-15-28-31-32-35/h3-8,11,13-16,38H,9-10,12H2,1-2H3,(H,30,37)/t16-,24-/m1/s1. The summed E-state index contributed by atoms with van der Waals surface area (Å²) < 4.78 is 36.5. The highest BCUT2D eigenvalue weighted by molar-refractivity contribution is 5.89. The average molecular weight is 542 g/mol. The second-order valence-corrected chi connectivity index (χ2v) is 8.58. The van der Waals surface area contributed by atoms with E-state index in [0.29, 0.717) is 17.4 Å². The fourth-order valence-electron chi connectivity index (χ4n) is 4.03. The first-order valence-corrected chi connectivity index (χ1v) is 11.7. The number of anilines is 1. The fourth-order valence-corrected chi connectivity index (χ4v) is 4.03. The van der Waals surface area contributed by atoms with Gasteiger partial charge in [0.15, 0.2) is 0 Å². The van der Waals surface area contributed by atoms with Gasteiger partial charge in [-0.1, -0.05) is 6.07 Å². The number of halogens is 2. The summed E-state index contributed by atoms with van der Waals surface area (Å²) in [6.45, 7) is 2.03. The lowest BCUT2D eigenvalue weighted by Crippen LogP contribution is -2.55. The first-order chi connectivity index (χ1) is 18.7. The number of aromatic nitrogens is 7. The van der Waals surface area contributed by atoms with E-state index in [9.17, 15) is 19.1 Å². The lowest BCUT2D eigenvalue weighted by Gasteiger charge is -2.41. The molecule has 0 saturated carbocycles. The smallest absolute Gasteiger partial charge is 0.322 e. The van der Waals surface area contributed by atoms with Gasteiger partial charge in [0.05, 0.1) is 24.8 Å². The molecule has 15 heteroatoms. The topological polar surface area (TPSA) is 153 Å². The van der Waals surface area contributed by atoms with Gasteiger partial charge in [-0.2, -0.15) is 5.10 Å². The Balaban J connectivity index is 1.65. The van der Waals surface area contributed by atoms with E-state index >= 15 is 4.39 Å². The predicted octanol–water partition coefficient (Wildman–Crippen LogP) is 1.91. The van der Waals surface area contributed by atoms with Crippen LogP contribution in [-0.2, 0) is 21.7 Å². The summed E-state index contributed by atoms with van der Waals surface area (Å²) in [5.41, 5.74) is -1.33. The zero-order valence-electron chi connectivity index (χ0n) is 21.0. The lowest BCUT2D eigenvalue weighted by atomic mass is 9.85. The Kier molecular flexibility index (Phi) is 8.19. The number of urea groups is 1. The highest BCUT2D eigenvalue weighted by atomic mass is 19.1. The number of amides is 2. The molecule has 2 N–H and O–H groups in total. The van der Waals surface area contributed by atoms with Gasteiger partial charge in [0.25, 0.3) is 0 Å². The molecule has 39 heavy (non-hydrogen) atoms. The first-order valence-electron chi connectivity index (χ1n) is 11.7. The molecule has 2 heterocycles. The van der Waals surface area contributed by atoms with Crippen LogP contribution in [0.1, 0.15) is 19.4 Å². The summed E-state index contributed by atoms with van der Waals surface area (Å²) >= 11 is 0. The molecule has 0 saturated heterocycles. The maximum Gasteiger partial charge on any atom is 0.322 e. The predicted molar refractivity (Wildman–Crippen MR) is 131 cm³/mol. The van der Waals surface area contributed by atoms with Crippen LogP contribution in [-0.4, -0.2) is 76.2 Å². The first kappa shape index (κ1) is 27.3. The van der Waals surface area contributed by atoms with Gasteiger partial charge in [-0.3, -0.25) is 4.79 Å². The molecule has 0 unspecified atom stereocenters. The van der Waals surface area contributed by atoms with Crippen LogP contribution >= 0.6 is 0 Å². The van der Waals surface area contributed by atoms with Crippen molar-refractivity contribution in [3.05, 3.63) is 78.6 Å². The van der Waals surface area contributed by atoms with Crippen LogP contribution in [0.5, 0.6) is 0 Å². The molecule has 2 atom stereocenters. The van der Waals surface area contributed by atoms with Crippen molar-refractivity contribution in [2.75, 3.05) is 18.5 Å². The molecule has 4 aromatic rings. The highest BCUT2D eigenvalue weighted by Gasteiger charge is 2.43. The minimum Gasteiger partial charge on any atom is -0.464 e. The number of rotatable bonds is 10. The maximum atomic E-state index is 15.0. The minimum atomic E-state index is -2.11. The molecule has 0 spiro atoms. The highest BCUT2D eigenvalue weighted by Crippen LogP contribution is 2.33. The average Bonchev–Trinajstić information content (AvgIpc) is 3.61. The van der Waals surface area contributed by atoms with Crippen LogP contribution in [0.4, 0.5) is 19.3 Å². The van der Waals surface area contributed by atoms with E-state index in [1.165, 1.54) is 47.1 Å². The summed E-state index contributed by atoms with van der Waals surface area (Å²) in [7, 11) is 0. The molecule has 0 aliphatic heterocycles. The van der Waals surface area contributed by atoms with Crippen LogP contribution in [0.2, 0.25) is 0 Å². The van der Waals surface area contributed by atoms with Gasteiger partial charge in [-0.15, -0.1) is 5.10 Å². The number of tetrazole rings is 1. The largest absolute Gasteiger partial charge is 0.464 e. The van der Waals surface area contributed by atoms with Crippen LogP contribution in [0, 0.1) is 11.6 Å². The van der Waals surface area contributed by atoms with Crippen molar-refractivity contribution < 1.29 is 28.2 Å². The van der Waals surface area contributed by atoms with Crippen molar-refractivity contribution in [3.63, 3.8) is 0 Å². The Labute approximate surface area is 221 Å². The summed E-state index contributed by atoms with van der Waals surface area (Å²) in [6.07, 6.45) is 3.96. The molecule has 4 rings (SSSR count). The zero-order valence-corrected chi connectivity index (χ0v) is 21.0. The number of aliphatic hydroxyl groups is 1. The Morgan fingerprint density at radius 1 is 1.18 bits per heavy atom. The minimum absolute atomic E-state index is 0.155. The number of hydrogen-bond acceptors (Lipinski definition) is 9. The van der Waals surface area contributed by atoms with E-state index in [0.717, 1.165) is 12.1 Å². The SMILES string of the molecule is CC(=O)OCCN(C(=O)Nc1ccc(-n2cnnn2)cc1)[C@H](C)[C@](O)(Cn1cncn1)c1ccc(F)cc1F. The van der Waals surface area contributed by atoms with E-state index in [2.05, 4.69) is 30.9 Å². The van der Waals surface area contributed by atoms with Gasteiger partial charge in [0.1, 0.15) is 42.8 Å². The van der Waals surface area contributed by atoms with E-state index < -0.39 is 35.3 Å². The number of hydrogen-bond donors (Lipinski definition) is 2. The van der Waals surface area contributed by atoms with Gasteiger partial charge in [0, 0.05) is 24.2 Å². The van der Waals surface area contributed by atoms with Crippen molar-refractivity contribution in [3.8, 4) is 5.69 Å². The number of benzene rings is 2. The number of nitrogens with one attached hydrogen (secondary N) is 1. The Hall–Kier alpha value is -4.79. The van der Waals surface area contributed by atoms with E-state index in [1.54, 1.807) is 24.3 Å². The second-order valence-electron chi connectivity index (χ2n) is 8.58. The third-order valence-corrected chi connectivity index (χ3v) is 6.06. The zero-order chi connectivity index (χ0) is 28.0. The van der Waals surface area contributed by atoms with Gasteiger partial charge < -0.3 is 20.1 Å². The molecular weight excluding hydrogens is 516 g/mol. The lowest BCUT2D eigenvalue weighted by molar-refractivity contribution is -0.141. The molecule has 2 amide bonds. The summed E-state index contributed by atoms with van der Waals surface area (Å²) in [5.74, 6) is -2.41. The van der Waals surface area contributed by atoms with Crippen molar-refractivity contribution in [1.29, 1.82) is 0 Å². The van der Waals surface area contributed by atoms with Crippen molar-refractivity contribution in [2.24, 2.45) is 0 Å². The Morgan fingerprint density at radius 2 is 1.95 bits per heavy atom. The third-order valence-electron chi connectivity index (χ3n) is 6.06. The van der Waals surface area contributed by atoms with Gasteiger partial charge >= 0.3 is 12.0 Å². The molecule has 2 aromatic heterocycles. The summed E-state index contributed by atoms with van der Waals surface area (Å²) in [6, 6.07) is 7.52. The molecule has 0 aliphatic rings. The molecule has 204 valence electrons. The molecule has 0 bridgehead atoms. The van der Waals surface area contributed by atoms with Crippen LogP contribution in [0.25, 0.3) is 5.69 Å². The molecule has 2 aromatic carbocycles. The monoisotopic (exact) mass is 541 g/mol. The van der Waals surface area contributed by atoms with Gasteiger partial charge in [-0.05, 0) is 47.7 Å². The maximum absolute atomic E-state index is 15.0. The van der Waals surface area contributed by atoms with Crippen LogP contribution in [0.3, 0.4) is 0 Å². The summed E-state index contributed by atoms with van der Waals surface area (Å²) in [4.78, 5) is 29.9. The molecule has 13 nitrogen and oxygen atoms in total. The normalized spacial score (nSPS) is 13.4. The van der Waals surface area contributed by atoms with Crippen molar-refractivity contribution >= 4 is 17.7 Å². The van der Waals surface area contributed by atoms with E-state index in [-0.39, 0.29) is 25.3 Å². The van der Waals surface area contributed by atoms with Gasteiger partial charge in [0.2, 0.25) is 0 Å². The number of carbonyl (C=O) groups is 2. The van der Waals surface area contributed by atoms with Crippen molar-refractivity contribution in [1.82, 2.24) is 39.9 Å². The quantitative estimate of drug-likeness (QED) is 0.287. The van der Waals surface area contributed by atoms with Crippen LogP contribution in [0.15, 0.2) is 61.4 Å². The van der Waals surface area contributed by atoms with Gasteiger partial charge in [-0.25, -0.2) is 27.9 Å². The number of nitrogens with zero attached hydrogens (tertiary/aromatic N) is 8. The Bertz CT molecular complexity index is 1400. The van der Waals surface area contributed by atoms with Crippen molar-refractivity contribution in [2.45, 2.75) is 32.0 Å². The van der Waals surface area contributed by atoms with E-state index in [4.69, 9.17) is 4.74 Å². The molecule has 0 fully saturated rings. The Morgan fingerprint density at radius 3 is 2.56 bits per heavy atom. The molecular formula is C24H25F2N9O4. The molecule has 0 aliphatic carbocycles. The number of esters is 1. The second kappa shape index (κ2) is 11.7. The van der Waals surface area contributed by atoms with Crippen LogP contribution < -0.4 is 5.32 Å². The number of ether oxygens (including phenoxy) is 1.